The van der Waals surface area contributed by atoms with Crippen LogP contribution in [0.25, 0.3) is 0 Å². The number of carbonyl (C=O) groups is 1. The van der Waals surface area contributed by atoms with Crippen molar-refractivity contribution in [1.82, 2.24) is 0 Å². The van der Waals surface area contributed by atoms with Gasteiger partial charge in [0.05, 0.1) is 10.8 Å². The normalized spacial score (nSPS) is 13.8. The Bertz CT molecular complexity index is 395. The zero-order valence-corrected chi connectivity index (χ0v) is 7.89. The van der Waals surface area contributed by atoms with Crippen molar-refractivity contribution in [3.8, 4) is 0 Å². The maximum absolute atomic E-state index is 11.8. The van der Waals surface area contributed by atoms with Crippen molar-refractivity contribution in [3.63, 3.8) is 0 Å². The van der Waals surface area contributed by atoms with Crippen LogP contribution >= 0.6 is 0 Å². The van der Waals surface area contributed by atoms with Gasteiger partial charge in [0.25, 0.3) is 0 Å². The summed E-state index contributed by atoms with van der Waals surface area (Å²) in [7, 11) is -2.40. The largest absolute Gasteiger partial charge is 0.475 e. The highest BCUT2D eigenvalue weighted by molar-refractivity contribution is 7.84. The van der Waals surface area contributed by atoms with Crippen LogP contribution < -0.4 is 0 Å². The molecule has 1 atom stereocenters. The molecular formula is C7H5F3O4S. The molecule has 8 heteroatoms. The van der Waals surface area contributed by atoms with E-state index in [1.807, 2.05) is 0 Å². The summed E-state index contributed by atoms with van der Waals surface area (Å²) in [6, 6.07) is 1.90. The monoisotopic (exact) mass is 242 g/mol. The summed E-state index contributed by atoms with van der Waals surface area (Å²) in [5.74, 6) is -3.52. The van der Waals surface area contributed by atoms with E-state index in [-0.39, 0.29) is 0 Å². The fourth-order valence-corrected chi connectivity index (χ4v) is 1.62. The van der Waals surface area contributed by atoms with E-state index in [9.17, 15) is 22.2 Å². The first kappa shape index (κ1) is 11.8. The fourth-order valence-electron chi connectivity index (χ4n) is 0.777. The van der Waals surface area contributed by atoms with Crippen LogP contribution in [0.15, 0.2) is 21.6 Å². The second-order valence-electron chi connectivity index (χ2n) is 2.53. The molecular weight excluding hydrogens is 237 g/mol. The summed E-state index contributed by atoms with van der Waals surface area (Å²) >= 11 is 0. The van der Waals surface area contributed by atoms with Gasteiger partial charge in [0, 0.05) is 0 Å². The molecule has 15 heavy (non-hydrogen) atoms. The van der Waals surface area contributed by atoms with Crippen LogP contribution in [0, 0.1) is 0 Å². The Morgan fingerprint density at radius 1 is 1.47 bits per heavy atom. The smallest absolute Gasteiger partial charge is 0.400 e. The average molecular weight is 242 g/mol. The first-order valence-corrected chi connectivity index (χ1v) is 4.90. The number of halogens is 3. The predicted molar refractivity (Wildman–Crippen MR) is 43.0 cm³/mol. The minimum Gasteiger partial charge on any atom is -0.475 e. The molecule has 1 unspecified atom stereocenters. The zero-order valence-electron chi connectivity index (χ0n) is 7.08. The highest BCUT2D eigenvalue weighted by Gasteiger charge is 2.32. The quantitative estimate of drug-likeness (QED) is 0.875. The van der Waals surface area contributed by atoms with Gasteiger partial charge in [-0.25, -0.2) is 4.79 Å². The predicted octanol–water partition coefficient (Wildman–Crippen LogP) is 1.65. The molecule has 0 saturated carbocycles. The first-order valence-electron chi connectivity index (χ1n) is 3.58. The molecule has 0 aliphatic carbocycles. The van der Waals surface area contributed by atoms with Gasteiger partial charge in [-0.05, 0) is 12.1 Å². The molecule has 1 rings (SSSR count). The standard InChI is InChI=1S/C7H5F3O4S/c8-7(9,10)3-15(13)5-2-1-4(14-5)6(11)12/h1-2H,3H2,(H,11,12). The van der Waals surface area contributed by atoms with E-state index in [0.29, 0.717) is 0 Å². The van der Waals surface area contributed by atoms with Crippen molar-refractivity contribution in [3.05, 3.63) is 17.9 Å². The molecule has 84 valence electrons. The zero-order chi connectivity index (χ0) is 11.6. The van der Waals surface area contributed by atoms with Gasteiger partial charge in [-0.3, -0.25) is 4.21 Å². The number of hydrogen-bond acceptors (Lipinski definition) is 3. The lowest BCUT2D eigenvalue weighted by atomic mass is 10.5. The Balaban J connectivity index is 2.79. The average Bonchev–Trinajstić information content (AvgIpc) is 2.47. The van der Waals surface area contributed by atoms with E-state index < -0.39 is 39.6 Å². The van der Waals surface area contributed by atoms with Crippen molar-refractivity contribution in [2.45, 2.75) is 11.3 Å². The van der Waals surface area contributed by atoms with Crippen molar-refractivity contribution in [2.24, 2.45) is 0 Å². The van der Waals surface area contributed by atoms with Crippen molar-refractivity contribution >= 4 is 16.8 Å². The Labute approximate surface area is 84.1 Å². The van der Waals surface area contributed by atoms with Gasteiger partial charge < -0.3 is 9.52 Å². The highest BCUT2D eigenvalue weighted by Crippen LogP contribution is 2.21. The minimum atomic E-state index is -4.58. The highest BCUT2D eigenvalue weighted by atomic mass is 32.2. The number of carboxylic acid groups (broad SMARTS) is 1. The number of furan rings is 1. The van der Waals surface area contributed by atoms with Gasteiger partial charge in [0.15, 0.2) is 5.09 Å². The summed E-state index contributed by atoms with van der Waals surface area (Å²) in [6.07, 6.45) is -4.58. The van der Waals surface area contributed by atoms with Gasteiger partial charge in [0.2, 0.25) is 5.76 Å². The van der Waals surface area contributed by atoms with Crippen LogP contribution in [0.2, 0.25) is 0 Å². The molecule has 0 aliphatic rings. The number of carboxylic acids is 1. The summed E-state index contributed by atoms with van der Waals surface area (Å²) in [5.41, 5.74) is 0. The van der Waals surface area contributed by atoms with Crippen molar-refractivity contribution in [1.29, 1.82) is 0 Å². The Kier molecular flexibility index (Phi) is 3.18. The lowest BCUT2D eigenvalue weighted by Gasteiger charge is -2.03. The molecule has 0 saturated heterocycles. The van der Waals surface area contributed by atoms with E-state index >= 15 is 0 Å². The van der Waals surface area contributed by atoms with E-state index in [1.165, 1.54) is 0 Å². The Morgan fingerprint density at radius 2 is 2.07 bits per heavy atom. The molecule has 1 N–H and O–H groups in total. The van der Waals surface area contributed by atoms with E-state index in [1.54, 1.807) is 0 Å². The third-order valence-corrected chi connectivity index (χ3v) is 2.57. The summed E-state index contributed by atoms with van der Waals surface area (Å²) in [5, 5.41) is 7.90. The number of hydrogen-bond donors (Lipinski definition) is 1. The molecule has 0 bridgehead atoms. The maximum atomic E-state index is 11.8. The van der Waals surface area contributed by atoms with Crippen LogP contribution in [0.4, 0.5) is 13.2 Å². The van der Waals surface area contributed by atoms with Crippen LogP contribution in [0.1, 0.15) is 10.6 Å². The number of rotatable bonds is 3. The molecule has 0 radical (unpaired) electrons. The molecule has 1 aromatic rings. The van der Waals surface area contributed by atoms with Crippen LogP contribution in [0.3, 0.4) is 0 Å². The first-order chi connectivity index (χ1) is 6.79. The topological polar surface area (TPSA) is 67.5 Å². The minimum absolute atomic E-state index is 0.496. The maximum Gasteiger partial charge on any atom is 0.400 e. The lowest BCUT2D eigenvalue weighted by molar-refractivity contribution is -0.105. The van der Waals surface area contributed by atoms with Gasteiger partial charge in [-0.15, -0.1) is 0 Å². The molecule has 0 fully saturated rings. The summed E-state index contributed by atoms with van der Waals surface area (Å²) < 4.78 is 50.9. The van der Waals surface area contributed by atoms with Gasteiger partial charge in [0.1, 0.15) is 5.75 Å². The Hall–Kier alpha value is -1.31. The van der Waals surface area contributed by atoms with E-state index in [4.69, 9.17) is 5.11 Å². The lowest BCUT2D eigenvalue weighted by Crippen LogP contribution is -2.18. The van der Waals surface area contributed by atoms with Gasteiger partial charge in [-0.1, -0.05) is 0 Å². The van der Waals surface area contributed by atoms with Crippen LogP contribution in [-0.2, 0) is 10.8 Å². The Morgan fingerprint density at radius 3 is 2.47 bits per heavy atom. The van der Waals surface area contributed by atoms with Crippen LogP contribution in [0.5, 0.6) is 0 Å². The fraction of sp³-hybridized carbons (Fsp3) is 0.286. The number of aromatic carboxylic acids is 1. The summed E-state index contributed by atoms with van der Waals surface area (Å²) in [6.45, 7) is 0. The second-order valence-corrected chi connectivity index (χ2v) is 3.91. The van der Waals surface area contributed by atoms with Crippen molar-refractivity contribution < 1.29 is 31.7 Å². The van der Waals surface area contributed by atoms with E-state index in [0.717, 1.165) is 12.1 Å². The molecule has 0 spiro atoms. The second kappa shape index (κ2) is 4.05. The van der Waals surface area contributed by atoms with Gasteiger partial charge >= 0.3 is 12.1 Å². The summed E-state index contributed by atoms with van der Waals surface area (Å²) in [4.78, 5) is 10.3. The molecule has 0 aliphatic heterocycles. The number of alkyl halides is 3. The SMILES string of the molecule is O=C(O)c1ccc(S(=O)CC(F)(F)F)o1. The van der Waals surface area contributed by atoms with Crippen LogP contribution in [-0.4, -0.2) is 27.2 Å². The third kappa shape index (κ3) is 3.39. The molecule has 4 nitrogen and oxygen atoms in total. The third-order valence-electron chi connectivity index (χ3n) is 1.31. The molecule has 1 aromatic heterocycles. The molecule has 0 aromatic carbocycles. The van der Waals surface area contributed by atoms with E-state index in [2.05, 4.69) is 4.42 Å². The van der Waals surface area contributed by atoms with Gasteiger partial charge in [-0.2, -0.15) is 13.2 Å². The van der Waals surface area contributed by atoms with Crippen molar-refractivity contribution in [2.75, 3.05) is 5.75 Å². The molecule has 0 amide bonds. The molecule has 1 heterocycles.